The van der Waals surface area contributed by atoms with E-state index < -0.39 is 18.5 Å². The van der Waals surface area contributed by atoms with Crippen LogP contribution in [0.25, 0.3) is 11.1 Å². The lowest BCUT2D eigenvalue weighted by Gasteiger charge is -2.15. The van der Waals surface area contributed by atoms with Crippen LogP contribution in [-0.2, 0) is 18.4 Å². The highest BCUT2D eigenvalue weighted by molar-refractivity contribution is 6.11. The van der Waals surface area contributed by atoms with Crippen molar-refractivity contribution in [3.63, 3.8) is 0 Å². The maximum atomic E-state index is 13.0. The number of aryl methyl sites for hydroxylation is 2. The normalized spacial score (nSPS) is 10.7. The van der Waals surface area contributed by atoms with Crippen molar-refractivity contribution in [2.45, 2.75) is 20.5 Å². The van der Waals surface area contributed by atoms with Crippen molar-refractivity contribution in [1.82, 2.24) is 9.72 Å². The summed E-state index contributed by atoms with van der Waals surface area (Å²) >= 11 is 0. The number of aliphatic hydroxyl groups is 1. The summed E-state index contributed by atoms with van der Waals surface area (Å²) in [4.78, 5) is 41.5. The largest absolute Gasteiger partial charge is 0.464 e. The Hall–Kier alpha value is -3.92. The van der Waals surface area contributed by atoms with Crippen LogP contribution in [0.5, 0.6) is 0 Å². The minimum atomic E-state index is -0.730. The number of methoxy groups -OCH3 is 1. The lowest BCUT2D eigenvalue weighted by Crippen LogP contribution is -2.20. The van der Waals surface area contributed by atoms with Gasteiger partial charge in [-0.25, -0.2) is 9.78 Å². The summed E-state index contributed by atoms with van der Waals surface area (Å²) in [7, 11) is 2.75. The molecule has 1 aromatic carbocycles. The highest BCUT2D eigenvalue weighted by Crippen LogP contribution is 2.25. The van der Waals surface area contributed by atoms with Crippen molar-refractivity contribution < 1.29 is 24.0 Å². The molecule has 0 atom stereocenters. The van der Waals surface area contributed by atoms with E-state index in [4.69, 9.17) is 9.26 Å². The van der Waals surface area contributed by atoms with Gasteiger partial charge in [-0.3, -0.25) is 9.59 Å². The summed E-state index contributed by atoms with van der Waals surface area (Å²) in [6, 6.07) is 8.12. The lowest BCUT2D eigenvalue weighted by atomic mass is 10.1. The molecule has 0 unspecified atom stereocenters. The van der Waals surface area contributed by atoms with Gasteiger partial charge in [-0.2, -0.15) is 4.74 Å². The first-order chi connectivity index (χ1) is 15.3. The number of anilines is 2. The van der Waals surface area contributed by atoms with E-state index in [0.29, 0.717) is 29.1 Å². The van der Waals surface area contributed by atoms with Crippen molar-refractivity contribution in [3.05, 3.63) is 63.4 Å². The topological polar surface area (TPSA) is 136 Å². The van der Waals surface area contributed by atoms with Gasteiger partial charge < -0.3 is 25.0 Å². The number of benzene rings is 1. The number of carbonyl (C=O) groups is 2. The molecule has 2 aromatic heterocycles. The van der Waals surface area contributed by atoms with Crippen LogP contribution >= 0.6 is 0 Å². The Morgan fingerprint density at radius 1 is 1.25 bits per heavy atom. The van der Waals surface area contributed by atoms with Gasteiger partial charge >= 0.3 is 5.97 Å². The molecule has 3 N–H and O–H groups in total. The summed E-state index contributed by atoms with van der Waals surface area (Å²) in [5.41, 5.74) is 1.73. The molecule has 0 aliphatic heterocycles. The second-order valence-electron chi connectivity index (χ2n) is 6.92. The summed E-state index contributed by atoms with van der Waals surface area (Å²) in [5.74, 6) is -0.744. The smallest absolute Gasteiger partial charge is 0.358 e. The van der Waals surface area contributed by atoms with Gasteiger partial charge in [0.1, 0.15) is 5.76 Å². The highest BCUT2D eigenvalue weighted by Gasteiger charge is 2.23. The van der Waals surface area contributed by atoms with Crippen molar-refractivity contribution in [1.29, 1.82) is 0 Å². The fraction of sp³-hybridized carbons (Fsp3) is 0.273. The second-order valence-corrected chi connectivity index (χ2v) is 6.92. The van der Waals surface area contributed by atoms with E-state index in [2.05, 4.69) is 15.6 Å². The van der Waals surface area contributed by atoms with E-state index in [1.165, 1.54) is 20.2 Å². The van der Waals surface area contributed by atoms with Gasteiger partial charge in [-0.1, -0.05) is 12.1 Å². The number of aliphatic hydroxyl groups excluding tert-OH is 1. The maximum Gasteiger partial charge on any atom is 0.358 e. The number of hydrogen-bond donors (Lipinski definition) is 3. The van der Waals surface area contributed by atoms with Gasteiger partial charge in [0, 0.05) is 19.3 Å². The van der Waals surface area contributed by atoms with Crippen LogP contribution in [0.15, 0.2) is 39.6 Å². The van der Waals surface area contributed by atoms with Crippen molar-refractivity contribution >= 4 is 23.3 Å². The lowest BCUT2D eigenvalue weighted by molar-refractivity contribution is 0.0594. The van der Waals surface area contributed by atoms with E-state index in [1.54, 1.807) is 31.2 Å². The summed E-state index contributed by atoms with van der Waals surface area (Å²) in [6.45, 7) is 3.49. The van der Waals surface area contributed by atoms with Crippen LogP contribution in [0.3, 0.4) is 0 Å². The van der Waals surface area contributed by atoms with E-state index in [9.17, 15) is 19.5 Å². The molecule has 0 aliphatic carbocycles. The molecule has 0 saturated carbocycles. The van der Waals surface area contributed by atoms with Gasteiger partial charge in [0.2, 0.25) is 0 Å². The van der Waals surface area contributed by atoms with Gasteiger partial charge in [0.05, 0.1) is 36.2 Å². The number of rotatable bonds is 7. The third-order valence-corrected chi connectivity index (χ3v) is 4.77. The molecule has 0 fully saturated rings. The zero-order valence-electron chi connectivity index (χ0n) is 18.2. The number of nitrogens with one attached hydrogen (secondary N) is 2. The molecule has 32 heavy (non-hydrogen) atoms. The number of hydrogen-bond acceptors (Lipinski definition) is 8. The molecule has 0 bridgehead atoms. The fourth-order valence-electron chi connectivity index (χ4n) is 3.30. The van der Waals surface area contributed by atoms with Gasteiger partial charge in [-0.15, -0.1) is 0 Å². The average molecular weight is 440 g/mol. The van der Waals surface area contributed by atoms with Crippen LogP contribution in [-0.4, -0.2) is 40.4 Å². The standard InChI is InChI=1S/C22H24N4O6/c1-5-23-18-16(10-15(11-27)24-19(18)22(30)31-4)20(28)25-14-8-6-13(7-9-14)17-12(2)32-26(3)21(17)29/h6-10,23,27H,5,11H2,1-4H3,(H,25,28). The fourth-order valence-corrected chi connectivity index (χ4v) is 3.30. The van der Waals surface area contributed by atoms with Crippen molar-refractivity contribution in [2.24, 2.45) is 7.05 Å². The first kappa shape index (κ1) is 22.8. The minimum Gasteiger partial charge on any atom is -0.464 e. The molecule has 0 aliphatic rings. The van der Waals surface area contributed by atoms with E-state index >= 15 is 0 Å². The molecule has 3 rings (SSSR count). The molecule has 2 heterocycles. The number of carbonyl (C=O) groups excluding carboxylic acids is 2. The number of aromatic nitrogens is 2. The molecule has 0 radical (unpaired) electrons. The third kappa shape index (κ3) is 4.40. The van der Waals surface area contributed by atoms with Crippen LogP contribution in [0, 0.1) is 6.92 Å². The average Bonchev–Trinajstić information content (AvgIpc) is 3.05. The third-order valence-electron chi connectivity index (χ3n) is 4.77. The Morgan fingerprint density at radius 2 is 1.94 bits per heavy atom. The van der Waals surface area contributed by atoms with Crippen LogP contribution in [0.4, 0.5) is 11.4 Å². The van der Waals surface area contributed by atoms with Gasteiger partial charge in [0.25, 0.3) is 11.5 Å². The summed E-state index contributed by atoms with van der Waals surface area (Å²) in [5, 5.41) is 15.2. The molecular formula is C22H24N4O6. The Balaban J connectivity index is 1.94. The predicted octanol–water partition coefficient (Wildman–Crippen LogP) is 2.31. The first-order valence-corrected chi connectivity index (χ1v) is 9.86. The summed E-state index contributed by atoms with van der Waals surface area (Å²) in [6.07, 6.45) is 0. The number of amides is 1. The van der Waals surface area contributed by atoms with Crippen LogP contribution in [0.1, 0.15) is 39.2 Å². The molecule has 168 valence electrons. The van der Waals surface area contributed by atoms with Crippen LogP contribution in [0.2, 0.25) is 0 Å². The Kier molecular flexibility index (Phi) is 6.74. The number of esters is 1. The molecule has 0 saturated heterocycles. The predicted molar refractivity (Wildman–Crippen MR) is 118 cm³/mol. The summed E-state index contributed by atoms with van der Waals surface area (Å²) < 4.78 is 11.2. The van der Waals surface area contributed by atoms with Crippen molar-refractivity contribution in [2.75, 3.05) is 24.3 Å². The molecule has 1 amide bonds. The van der Waals surface area contributed by atoms with E-state index in [1.807, 2.05) is 6.92 Å². The minimum absolute atomic E-state index is 0.0901. The number of ether oxygens (including phenoxy) is 1. The van der Waals surface area contributed by atoms with Crippen LogP contribution < -0.4 is 16.2 Å². The Bertz CT molecular complexity index is 1210. The molecule has 10 heteroatoms. The van der Waals surface area contributed by atoms with E-state index in [0.717, 1.165) is 4.74 Å². The van der Waals surface area contributed by atoms with E-state index in [-0.39, 0.29) is 28.2 Å². The first-order valence-electron chi connectivity index (χ1n) is 9.86. The SMILES string of the molecule is CCNc1c(C(=O)Nc2ccc(-c3c(C)on(C)c3=O)cc2)cc(CO)nc1C(=O)OC. The number of pyridine rings is 1. The second kappa shape index (κ2) is 9.48. The number of nitrogens with zero attached hydrogens (tertiary/aromatic N) is 2. The molecule has 10 nitrogen and oxygen atoms in total. The Labute approximate surface area is 183 Å². The zero-order chi connectivity index (χ0) is 23.4. The molecule has 3 aromatic rings. The van der Waals surface area contributed by atoms with Gasteiger partial charge in [-0.05, 0) is 37.6 Å². The van der Waals surface area contributed by atoms with Crippen molar-refractivity contribution in [3.8, 4) is 11.1 Å². The molecule has 0 spiro atoms. The Morgan fingerprint density at radius 3 is 2.47 bits per heavy atom. The maximum absolute atomic E-state index is 13.0. The quantitative estimate of drug-likeness (QED) is 0.476. The van der Waals surface area contributed by atoms with Gasteiger partial charge in [0.15, 0.2) is 5.69 Å². The molecular weight excluding hydrogens is 416 g/mol. The monoisotopic (exact) mass is 440 g/mol. The zero-order valence-corrected chi connectivity index (χ0v) is 18.2. The highest BCUT2D eigenvalue weighted by atomic mass is 16.5.